The SMILES string of the molecule is Cn1nc(OCCO)c(-c2ccc(C(F)(F)F)cc2)c1NS(=O)(=O)c1ccc(C(C)(C)C)cc1. The van der Waals surface area contributed by atoms with Crippen LogP contribution in [0.15, 0.2) is 53.4 Å². The molecule has 0 atom stereocenters. The van der Waals surface area contributed by atoms with E-state index in [4.69, 9.17) is 9.84 Å². The third kappa shape index (κ3) is 5.53. The summed E-state index contributed by atoms with van der Waals surface area (Å²) in [4.78, 5) is 0.0119. The Hall–Kier alpha value is -3.05. The number of nitrogens with one attached hydrogen (secondary N) is 1. The number of sulfonamides is 1. The van der Waals surface area contributed by atoms with Gasteiger partial charge in [0, 0.05) is 7.05 Å². The van der Waals surface area contributed by atoms with Crippen LogP contribution in [0.3, 0.4) is 0 Å². The Morgan fingerprint density at radius 1 is 1.00 bits per heavy atom. The molecule has 0 unspecified atom stereocenters. The molecule has 2 aromatic carbocycles. The number of ether oxygens (including phenoxy) is 1. The van der Waals surface area contributed by atoms with Crippen molar-refractivity contribution in [1.82, 2.24) is 9.78 Å². The molecule has 3 aromatic rings. The molecule has 7 nitrogen and oxygen atoms in total. The van der Waals surface area contributed by atoms with E-state index in [-0.39, 0.29) is 46.3 Å². The molecule has 0 bridgehead atoms. The molecule has 0 saturated carbocycles. The molecule has 0 aliphatic heterocycles. The van der Waals surface area contributed by atoms with Crippen LogP contribution in [0.4, 0.5) is 19.0 Å². The summed E-state index contributed by atoms with van der Waals surface area (Å²) in [7, 11) is -2.59. The van der Waals surface area contributed by atoms with Crippen molar-refractivity contribution in [2.45, 2.75) is 37.3 Å². The number of alkyl halides is 3. The number of hydrogen-bond donors (Lipinski definition) is 2. The normalized spacial score (nSPS) is 12.6. The Morgan fingerprint density at radius 2 is 1.56 bits per heavy atom. The van der Waals surface area contributed by atoms with Gasteiger partial charge in [-0.05, 0) is 40.8 Å². The first-order valence-electron chi connectivity index (χ1n) is 10.4. The van der Waals surface area contributed by atoms with Crippen LogP contribution in [0.2, 0.25) is 0 Å². The lowest BCUT2D eigenvalue weighted by atomic mass is 9.87. The van der Waals surface area contributed by atoms with Crippen molar-refractivity contribution in [2.24, 2.45) is 7.05 Å². The number of rotatable bonds is 7. The van der Waals surface area contributed by atoms with Gasteiger partial charge in [-0.3, -0.25) is 4.72 Å². The molecule has 34 heavy (non-hydrogen) atoms. The van der Waals surface area contributed by atoms with Gasteiger partial charge in [-0.25, -0.2) is 13.1 Å². The summed E-state index contributed by atoms with van der Waals surface area (Å²) in [6.45, 7) is 5.56. The maximum Gasteiger partial charge on any atom is 0.416 e. The van der Waals surface area contributed by atoms with Gasteiger partial charge in [0.2, 0.25) is 5.88 Å². The molecule has 0 radical (unpaired) electrons. The van der Waals surface area contributed by atoms with Gasteiger partial charge in [0.05, 0.1) is 22.6 Å². The van der Waals surface area contributed by atoms with Crippen molar-refractivity contribution in [3.63, 3.8) is 0 Å². The summed E-state index contributed by atoms with van der Waals surface area (Å²) in [6.07, 6.45) is -4.52. The fraction of sp³-hybridized carbons (Fsp3) is 0.348. The van der Waals surface area contributed by atoms with E-state index in [1.165, 1.54) is 36.0 Å². The summed E-state index contributed by atoms with van der Waals surface area (Å²) in [5.41, 5.74) is 0.359. The Bertz CT molecular complexity index is 1240. The number of aliphatic hydroxyl groups is 1. The predicted molar refractivity (Wildman–Crippen MR) is 122 cm³/mol. The second kappa shape index (κ2) is 9.30. The fourth-order valence-corrected chi connectivity index (χ4v) is 4.37. The minimum atomic E-state index is -4.52. The van der Waals surface area contributed by atoms with Crippen molar-refractivity contribution in [1.29, 1.82) is 0 Å². The van der Waals surface area contributed by atoms with Gasteiger partial charge < -0.3 is 9.84 Å². The van der Waals surface area contributed by atoms with Crippen molar-refractivity contribution in [3.8, 4) is 17.0 Å². The van der Waals surface area contributed by atoms with E-state index in [1.54, 1.807) is 12.1 Å². The van der Waals surface area contributed by atoms with E-state index in [0.717, 1.165) is 17.7 Å². The first-order chi connectivity index (χ1) is 15.7. The maximum atomic E-state index is 13.1. The zero-order valence-corrected chi connectivity index (χ0v) is 20.0. The van der Waals surface area contributed by atoms with Crippen LogP contribution in [0, 0.1) is 0 Å². The van der Waals surface area contributed by atoms with Crippen LogP contribution < -0.4 is 9.46 Å². The monoisotopic (exact) mass is 497 g/mol. The van der Waals surface area contributed by atoms with E-state index in [2.05, 4.69) is 9.82 Å². The van der Waals surface area contributed by atoms with E-state index >= 15 is 0 Å². The zero-order chi connectivity index (χ0) is 25.3. The lowest BCUT2D eigenvalue weighted by Crippen LogP contribution is -2.17. The Morgan fingerprint density at radius 3 is 2.06 bits per heavy atom. The number of aromatic nitrogens is 2. The Balaban J connectivity index is 2.05. The summed E-state index contributed by atoms with van der Waals surface area (Å²) in [5, 5.41) is 13.3. The smallest absolute Gasteiger partial charge is 0.416 e. The van der Waals surface area contributed by atoms with E-state index in [1.807, 2.05) is 20.8 Å². The molecule has 11 heteroatoms. The summed E-state index contributed by atoms with van der Waals surface area (Å²) in [5.74, 6) is -0.0234. The van der Waals surface area contributed by atoms with Gasteiger partial charge in [0.15, 0.2) is 0 Å². The molecule has 0 aliphatic rings. The number of aryl methyl sites for hydroxylation is 1. The molecular weight excluding hydrogens is 471 g/mol. The van der Waals surface area contributed by atoms with Crippen molar-refractivity contribution >= 4 is 15.8 Å². The van der Waals surface area contributed by atoms with E-state index in [0.29, 0.717) is 0 Å². The van der Waals surface area contributed by atoms with Gasteiger partial charge in [-0.1, -0.05) is 45.0 Å². The minimum absolute atomic E-state index is 0.00703. The quantitative estimate of drug-likeness (QED) is 0.499. The van der Waals surface area contributed by atoms with Crippen LogP contribution >= 0.6 is 0 Å². The van der Waals surface area contributed by atoms with Gasteiger partial charge in [0.1, 0.15) is 12.4 Å². The van der Waals surface area contributed by atoms with Crippen LogP contribution in [-0.4, -0.2) is 36.5 Å². The van der Waals surface area contributed by atoms with Crippen molar-refractivity contribution < 1.29 is 31.4 Å². The number of aliphatic hydroxyl groups excluding tert-OH is 1. The highest BCUT2D eigenvalue weighted by Gasteiger charge is 2.31. The molecule has 0 saturated heterocycles. The topological polar surface area (TPSA) is 93.4 Å². The summed E-state index contributed by atoms with van der Waals surface area (Å²) < 4.78 is 74.4. The third-order valence-corrected chi connectivity index (χ3v) is 6.46. The van der Waals surface area contributed by atoms with Crippen LogP contribution in [-0.2, 0) is 28.7 Å². The number of hydrogen-bond acceptors (Lipinski definition) is 5. The van der Waals surface area contributed by atoms with Gasteiger partial charge >= 0.3 is 6.18 Å². The molecule has 0 fully saturated rings. The first kappa shape index (κ1) is 25.6. The van der Waals surface area contributed by atoms with E-state index < -0.39 is 21.8 Å². The highest BCUT2D eigenvalue weighted by Crippen LogP contribution is 2.39. The molecular formula is C23H26F3N3O4S. The average molecular weight is 498 g/mol. The van der Waals surface area contributed by atoms with Gasteiger partial charge in [-0.2, -0.15) is 13.2 Å². The lowest BCUT2D eigenvalue weighted by Gasteiger charge is -2.19. The predicted octanol–water partition coefficient (Wildman–Crippen LogP) is 4.58. The number of benzene rings is 2. The molecule has 0 aliphatic carbocycles. The summed E-state index contributed by atoms with van der Waals surface area (Å²) >= 11 is 0. The molecule has 1 aromatic heterocycles. The maximum absolute atomic E-state index is 13.1. The third-order valence-electron chi connectivity index (χ3n) is 5.11. The Labute approximate surface area is 196 Å². The molecule has 0 spiro atoms. The fourth-order valence-electron chi connectivity index (χ4n) is 3.27. The second-order valence-electron chi connectivity index (χ2n) is 8.68. The minimum Gasteiger partial charge on any atom is -0.474 e. The molecule has 0 amide bonds. The number of anilines is 1. The zero-order valence-electron chi connectivity index (χ0n) is 19.1. The van der Waals surface area contributed by atoms with Crippen molar-refractivity contribution in [3.05, 3.63) is 59.7 Å². The number of nitrogens with zero attached hydrogens (tertiary/aromatic N) is 2. The highest BCUT2D eigenvalue weighted by molar-refractivity contribution is 7.92. The highest BCUT2D eigenvalue weighted by atomic mass is 32.2. The number of halogens is 3. The van der Waals surface area contributed by atoms with E-state index in [9.17, 15) is 21.6 Å². The van der Waals surface area contributed by atoms with Crippen LogP contribution in [0.5, 0.6) is 5.88 Å². The van der Waals surface area contributed by atoms with Crippen molar-refractivity contribution in [2.75, 3.05) is 17.9 Å². The molecule has 1 heterocycles. The molecule has 3 rings (SSSR count). The molecule has 184 valence electrons. The van der Waals surface area contributed by atoms with Gasteiger partial charge in [-0.15, -0.1) is 5.10 Å². The Kier molecular flexibility index (Phi) is 6.99. The van der Waals surface area contributed by atoms with Gasteiger partial charge in [0.25, 0.3) is 10.0 Å². The van der Waals surface area contributed by atoms with Crippen LogP contribution in [0.1, 0.15) is 31.9 Å². The lowest BCUT2D eigenvalue weighted by molar-refractivity contribution is -0.137. The van der Waals surface area contributed by atoms with Crippen LogP contribution in [0.25, 0.3) is 11.1 Å². The largest absolute Gasteiger partial charge is 0.474 e. The first-order valence-corrected chi connectivity index (χ1v) is 11.8. The summed E-state index contributed by atoms with van der Waals surface area (Å²) in [6, 6.07) is 10.6. The average Bonchev–Trinajstić information content (AvgIpc) is 3.05. The standard InChI is InChI=1S/C23H26F3N3O4S/c1-22(2,3)16-9-11-18(12-10-16)34(31,32)28-20-19(21(27-29(20)4)33-14-13-30)15-5-7-17(8-6-15)23(24,25)26/h5-12,28,30H,13-14H2,1-4H3. The second-order valence-corrected chi connectivity index (χ2v) is 10.4. The molecule has 2 N–H and O–H groups in total.